The molecule has 104 valence electrons. The molecule has 2 aromatic rings. The Balaban J connectivity index is 2.23. The average Bonchev–Trinajstić information content (AvgIpc) is 2.40. The topological polar surface area (TPSA) is 75.4 Å². The molecule has 2 rings (SSSR count). The van der Waals surface area contributed by atoms with Crippen LogP contribution < -0.4 is 5.32 Å². The summed E-state index contributed by atoms with van der Waals surface area (Å²) in [5.41, 5.74) is 0.870. The lowest BCUT2D eigenvalue weighted by molar-refractivity contribution is -0.383. The normalized spacial score (nSPS) is 10.3. The van der Waals surface area contributed by atoms with Gasteiger partial charge in [0, 0.05) is 27.7 Å². The van der Waals surface area contributed by atoms with Crippen LogP contribution in [0.15, 0.2) is 40.9 Å². The van der Waals surface area contributed by atoms with Crippen molar-refractivity contribution in [1.29, 1.82) is 0 Å². The van der Waals surface area contributed by atoms with E-state index in [9.17, 15) is 15.2 Å². The first-order chi connectivity index (χ1) is 9.47. The quantitative estimate of drug-likeness (QED) is 0.631. The fourth-order valence-corrected chi connectivity index (χ4v) is 2.27. The van der Waals surface area contributed by atoms with Gasteiger partial charge < -0.3 is 10.4 Å². The van der Waals surface area contributed by atoms with Crippen molar-refractivity contribution >= 4 is 38.9 Å². The molecule has 0 saturated heterocycles. The van der Waals surface area contributed by atoms with Crippen molar-refractivity contribution in [3.8, 4) is 5.75 Å². The van der Waals surface area contributed by atoms with Gasteiger partial charge in [0.2, 0.25) is 0 Å². The van der Waals surface area contributed by atoms with Crippen molar-refractivity contribution in [3.63, 3.8) is 0 Å². The molecule has 7 heteroatoms. The van der Waals surface area contributed by atoms with Gasteiger partial charge in [-0.05, 0) is 30.3 Å². The highest BCUT2D eigenvalue weighted by molar-refractivity contribution is 9.10. The molecule has 0 heterocycles. The van der Waals surface area contributed by atoms with Gasteiger partial charge in [-0.15, -0.1) is 0 Å². The van der Waals surface area contributed by atoms with Crippen molar-refractivity contribution in [2.75, 3.05) is 5.32 Å². The molecule has 2 N–H and O–H groups in total. The number of aromatic hydroxyl groups is 1. The third-order valence-corrected chi connectivity index (χ3v) is 3.40. The number of phenolic OH excluding ortho intramolecular Hbond substituents is 1. The second-order valence-corrected chi connectivity index (χ2v) is 5.40. The maximum atomic E-state index is 11.0. The lowest BCUT2D eigenvalue weighted by Gasteiger charge is -2.09. The van der Waals surface area contributed by atoms with Crippen LogP contribution in [0.5, 0.6) is 5.75 Å². The minimum Gasteiger partial charge on any atom is -0.508 e. The Morgan fingerprint density at radius 1 is 1.30 bits per heavy atom. The van der Waals surface area contributed by atoms with E-state index in [1.807, 2.05) is 0 Å². The number of hydrogen-bond acceptors (Lipinski definition) is 4. The molecule has 0 aliphatic rings. The van der Waals surface area contributed by atoms with Gasteiger partial charge in [0.15, 0.2) is 0 Å². The number of benzene rings is 2. The number of halogens is 2. The van der Waals surface area contributed by atoms with Gasteiger partial charge in [0.1, 0.15) is 11.4 Å². The highest BCUT2D eigenvalue weighted by Crippen LogP contribution is 2.29. The molecule has 5 nitrogen and oxygen atoms in total. The lowest BCUT2D eigenvalue weighted by atomic mass is 10.2. The molecule has 0 bridgehead atoms. The third kappa shape index (κ3) is 3.40. The maximum Gasteiger partial charge on any atom is 0.293 e. The summed E-state index contributed by atoms with van der Waals surface area (Å²) >= 11 is 9.05. The second kappa shape index (κ2) is 6.11. The molecule has 0 aliphatic carbocycles. The van der Waals surface area contributed by atoms with E-state index in [-0.39, 0.29) is 18.0 Å². The molecule has 0 atom stereocenters. The van der Waals surface area contributed by atoms with Crippen LogP contribution in [-0.2, 0) is 6.54 Å². The summed E-state index contributed by atoms with van der Waals surface area (Å²) in [5.74, 6) is 0.123. The van der Waals surface area contributed by atoms with Gasteiger partial charge in [-0.1, -0.05) is 27.5 Å². The number of nitrogens with one attached hydrogen (secondary N) is 1. The van der Waals surface area contributed by atoms with Crippen LogP contribution in [0.3, 0.4) is 0 Å². The van der Waals surface area contributed by atoms with Crippen LogP contribution in [-0.4, -0.2) is 10.0 Å². The zero-order valence-electron chi connectivity index (χ0n) is 10.1. The van der Waals surface area contributed by atoms with Gasteiger partial charge in [-0.2, -0.15) is 0 Å². The number of nitro groups is 1. The molecular formula is C13H10BrClN2O3. The Bertz CT molecular complexity index is 664. The van der Waals surface area contributed by atoms with Crippen molar-refractivity contribution in [2.24, 2.45) is 0 Å². The van der Waals surface area contributed by atoms with E-state index in [1.54, 1.807) is 24.3 Å². The Labute approximate surface area is 128 Å². The van der Waals surface area contributed by atoms with E-state index >= 15 is 0 Å². The number of nitro benzene ring substituents is 1. The van der Waals surface area contributed by atoms with Gasteiger partial charge in [-0.25, -0.2) is 0 Å². The highest BCUT2D eigenvalue weighted by Gasteiger charge is 2.14. The van der Waals surface area contributed by atoms with E-state index in [0.717, 1.165) is 4.47 Å². The van der Waals surface area contributed by atoms with Crippen LogP contribution in [0.4, 0.5) is 11.4 Å². The van der Waals surface area contributed by atoms with Crippen LogP contribution in [0.2, 0.25) is 5.02 Å². The summed E-state index contributed by atoms with van der Waals surface area (Å²) in [5, 5.41) is 23.9. The van der Waals surface area contributed by atoms with Crippen LogP contribution in [0.1, 0.15) is 5.56 Å². The largest absolute Gasteiger partial charge is 0.508 e. The first-order valence-corrected chi connectivity index (χ1v) is 6.79. The summed E-state index contributed by atoms with van der Waals surface area (Å²) in [6.45, 7) is 0.258. The summed E-state index contributed by atoms with van der Waals surface area (Å²) < 4.78 is 0.817. The minimum atomic E-state index is -0.505. The summed E-state index contributed by atoms with van der Waals surface area (Å²) in [7, 11) is 0. The van der Waals surface area contributed by atoms with Gasteiger partial charge in [0.05, 0.1) is 4.92 Å². The van der Waals surface area contributed by atoms with Crippen molar-refractivity contribution in [2.45, 2.75) is 6.54 Å². The smallest absolute Gasteiger partial charge is 0.293 e. The third-order valence-electron chi connectivity index (χ3n) is 2.67. The molecule has 20 heavy (non-hydrogen) atoms. The van der Waals surface area contributed by atoms with Crippen LogP contribution >= 0.6 is 27.5 Å². The molecule has 0 aromatic heterocycles. The van der Waals surface area contributed by atoms with Crippen LogP contribution in [0, 0.1) is 10.1 Å². The molecule has 0 fully saturated rings. The van der Waals surface area contributed by atoms with E-state index < -0.39 is 4.92 Å². The summed E-state index contributed by atoms with van der Waals surface area (Å²) in [4.78, 5) is 10.5. The van der Waals surface area contributed by atoms with Crippen molar-refractivity contribution in [3.05, 3.63) is 61.6 Å². The second-order valence-electron chi connectivity index (χ2n) is 4.05. The zero-order valence-corrected chi connectivity index (χ0v) is 12.5. The minimum absolute atomic E-state index is 0.105. The van der Waals surface area contributed by atoms with E-state index in [4.69, 9.17) is 11.6 Å². The SMILES string of the molecule is O=[N+]([O-])c1cc(Cl)ccc1NCc1cc(Br)ccc1O. The maximum absolute atomic E-state index is 11.0. The Kier molecular flexibility index (Phi) is 4.46. The molecule has 0 radical (unpaired) electrons. The standard InChI is InChI=1S/C13H10BrClN2O3/c14-9-1-4-13(18)8(5-9)7-16-11-3-2-10(15)6-12(11)17(19)20/h1-6,16,18H,7H2. The van der Waals surface area contributed by atoms with Crippen LogP contribution in [0.25, 0.3) is 0 Å². The molecule has 0 aliphatic heterocycles. The van der Waals surface area contributed by atoms with E-state index in [1.165, 1.54) is 12.1 Å². The zero-order chi connectivity index (χ0) is 14.7. The molecule has 0 unspecified atom stereocenters. The fourth-order valence-electron chi connectivity index (χ4n) is 1.69. The highest BCUT2D eigenvalue weighted by atomic mass is 79.9. The number of hydrogen-bond donors (Lipinski definition) is 2. The van der Waals surface area contributed by atoms with E-state index in [2.05, 4.69) is 21.2 Å². The first-order valence-electron chi connectivity index (χ1n) is 5.62. The molecule has 2 aromatic carbocycles. The number of anilines is 1. The predicted octanol–water partition coefficient (Wildman–Crippen LogP) is 4.33. The number of nitrogens with zero attached hydrogens (tertiary/aromatic N) is 1. The van der Waals surface area contributed by atoms with E-state index in [0.29, 0.717) is 16.3 Å². The van der Waals surface area contributed by atoms with Gasteiger partial charge >= 0.3 is 0 Å². The van der Waals surface area contributed by atoms with Crippen molar-refractivity contribution < 1.29 is 10.0 Å². The summed E-state index contributed by atoms with van der Waals surface area (Å²) in [6.07, 6.45) is 0. The fraction of sp³-hybridized carbons (Fsp3) is 0.0769. The number of rotatable bonds is 4. The Hall–Kier alpha value is -1.79. The monoisotopic (exact) mass is 356 g/mol. The first kappa shape index (κ1) is 14.6. The lowest BCUT2D eigenvalue weighted by Crippen LogP contribution is -2.03. The summed E-state index contributed by atoms with van der Waals surface area (Å²) in [6, 6.07) is 9.39. The van der Waals surface area contributed by atoms with Gasteiger partial charge in [0.25, 0.3) is 5.69 Å². The Morgan fingerprint density at radius 2 is 2.05 bits per heavy atom. The predicted molar refractivity (Wildman–Crippen MR) is 81.2 cm³/mol. The molecule has 0 amide bonds. The molecule has 0 spiro atoms. The average molecular weight is 358 g/mol. The number of phenols is 1. The van der Waals surface area contributed by atoms with Gasteiger partial charge in [-0.3, -0.25) is 10.1 Å². The molecular weight excluding hydrogens is 348 g/mol. The Morgan fingerprint density at radius 3 is 2.75 bits per heavy atom. The molecule has 0 saturated carbocycles. The van der Waals surface area contributed by atoms with Crippen molar-refractivity contribution in [1.82, 2.24) is 0 Å².